The van der Waals surface area contributed by atoms with E-state index in [1.165, 1.54) is 0 Å². The fourth-order valence-corrected chi connectivity index (χ4v) is 0. The van der Waals surface area contributed by atoms with Crippen molar-refractivity contribution in [3.05, 3.63) is 0 Å². The molecule has 0 fully saturated rings. The first-order chi connectivity index (χ1) is 1.73. The van der Waals surface area contributed by atoms with Gasteiger partial charge in [-0.25, -0.2) is 0 Å². The molecule has 0 aliphatic heterocycles. The van der Waals surface area contributed by atoms with Crippen molar-refractivity contribution in [2.75, 3.05) is 0 Å². The summed E-state index contributed by atoms with van der Waals surface area (Å²) in [6, 6.07) is 0. The molecule has 0 saturated heterocycles. The molecular weight excluding hydrogens is 167 g/mol. The zero-order valence-corrected chi connectivity index (χ0v) is 6.87. The Hall–Kier alpha value is 1.79. The Morgan fingerprint density at radius 1 is 1.20 bits per heavy atom. The van der Waals surface area contributed by atoms with Crippen LogP contribution in [-0.4, -0.2) is 60.2 Å². The maximum atomic E-state index is 7.23. The third-order valence-electron chi connectivity index (χ3n) is 0. The van der Waals surface area contributed by atoms with Crippen LogP contribution in [0.4, 0.5) is 0 Å². The largest absolute Gasteiger partial charge is 2.00 e. The molecule has 30 valence electrons. The molecule has 0 aromatic heterocycles. The summed E-state index contributed by atoms with van der Waals surface area (Å²) >= 11 is 0. The summed E-state index contributed by atoms with van der Waals surface area (Å²) in [6.45, 7) is 0. The fraction of sp³-hybridized carbons (Fsp3) is 0. The summed E-state index contributed by atoms with van der Waals surface area (Å²) < 4.78 is 0. The first kappa shape index (κ1) is 9.92. The van der Waals surface area contributed by atoms with E-state index in [1.807, 2.05) is 0 Å². The van der Waals surface area contributed by atoms with Gasteiger partial charge in [0.25, 0.3) is 0 Å². The second-order valence-electron chi connectivity index (χ2n) is 0.268. The van der Waals surface area contributed by atoms with Gasteiger partial charge in [0.15, 0.2) is 0 Å². The first-order valence-electron chi connectivity index (χ1n) is 0.600. The molecule has 3 nitrogen and oxygen atoms in total. The normalized spacial score (nSPS) is 7.20. The third kappa shape index (κ3) is 26.0. The van der Waals surface area contributed by atoms with Crippen LogP contribution >= 0.6 is 8.60 Å². The van der Waals surface area contributed by atoms with Crippen molar-refractivity contribution in [2.45, 2.75) is 0 Å². The van der Waals surface area contributed by atoms with Crippen molar-refractivity contribution in [2.24, 2.45) is 0 Å². The van der Waals surface area contributed by atoms with Crippen molar-refractivity contribution in [3.8, 4) is 0 Å². The van der Waals surface area contributed by atoms with Gasteiger partial charge in [-0.1, -0.05) is 0 Å². The predicted molar refractivity (Wildman–Crippen MR) is 21.6 cm³/mol. The minimum absolute atomic E-state index is 0. The van der Waals surface area contributed by atoms with E-state index in [0.29, 0.717) is 0 Å². The van der Waals surface area contributed by atoms with E-state index >= 15 is 0 Å². The molecule has 0 heterocycles. The molecule has 0 aromatic rings. The van der Waals surface area contributed by atoms with Crippen molar-refractivity contribution < 1.29 is 17.5 Å². The average molecular weight is 172 g/mol. The predicted octanol–water partition coefficient (Wildman–Crippen LogP) is -0.966. The maximum Gasteiger partial charge on any atom is 2.00 e. The van der Waals surface area contributed by atoms with E-state index in [0.717, 1.165) is 0 Å². The summed E-state index contributed by atoms with van der Waals surface area (Å²) in [5, 5.41) is 0. The van der Waals surface area contributed by atoms with E-state index in [9.17, 15) is 0 Å². The molecule has 5 heavy (non-hydrogen) atoms. The van der Waals surface area contributed by atoms with Gasteiger partial charge in [-0.2, -0.15) is 0 Å². The molecule has 0 aromatic carbocycles. The number of hydrogen-bond donors (Lipinski definition) is 3. The van der Waals surface area contributed by atoms with Gasteiger partial charge in [-0.15, -0.1) is 0 Å². The van der Waals surface area contributed by atoms with E-state index < -0.39 is 8.60 Å². The van der Waals surface area contributed by atoms with Crippen LogP contribution in [0.1, 0.15) is 2.85 Å². The maximum absolute atomic E-state index is 7.23. The van der Waals surface area contributed by atoms with Gasteiger partial charge in [-0.05, 0) is 0 Å². The van der Waals surface area contributed by atoms with Crippen LogP contribution in [0.3, 0.4) is 0 Å². The Labute approximate surface area is 70.9 Å². The molecular formula is H5O3PSr. The SMILES string of the molecule is OP(O)O.[H-].[H-].[Sr+2]. The van der Waals surface area contributed by atoms with Gasteiger partial charge in [0.2, 0.25) is 0 Å². The summed E-state index contributed by atoms with van der Waals surface area (Å²) in [5.74, 6) is 0. The monoisotopic (exact) mass is 172 g/mol. The van der Waals surface area contributed by atoms with Crippen LogP contribution in [-0.2, 0) is 0 Å². The van der Waals surface area contributed by atoms with Crippen LogP contribution < -0.4 is 0 Å². The van der Waals surface area contributed by atoms with Crippen LogP contribution in [0, 0.1) is 0 Å². The fourth-order valence-electron chi connectivity index (χ4n) is 0. The van der Waals surface area contributed by atoms with Crippen LogP contribution in [0.5, 0.6) is 0 Å². The molecule has 0 bridgehead atoms. The molecule has 0 aliphatic carbocycles. The summed E-state index contributed by atoms with van der Waals surface area (Å²) in [7, 11) is -2.62. The Balaban J connectivity index is -0.0000000150. The van der Waals surface area contributed by atoms with Gasteiger partial charge in [-0.3, -0.25) is 0 Å². The van der Waals surface area contributed by atoms with Gasteiger partial charge in [0, 0.05) is 0 Å². The quantitative estimate of drug-likeness (QED) is 0.325. The van der Waals surface area contributed by atoms with Crippen molar-refractivity contribution in [1.82, 2.24) is 0 Å². The average Bonchev–Trinajstić information content (AvgIpc) is 0.811. The molecule has 0 spiro atoms. The van der Waals surface area contributed by atoms with Gasteiger partial charge >= 0.3 is 54.1 Å². The van der Waals surface area contributed by atoms with E-state index in [-0.39, 0.29) is 48.3 Å². The minimum atomic E-state index is -2.62. The smallest absolute Gasteiger partial charge is 1.00 e. The Morgan fingerprint density at radius 2 is 1.20 bits per heavy atom. The second-order valence-corrected chi connectivity index (χ2v) is 0.805. The van der Waals surface area contributed by atoms with E-state index in [1.54, 1.807) is 0 Å². The molecule has 0 amide bonds. The molecule has 3 N–H and O–H groups in total. The molecule has 0 unspecified atom stereocenters. The molecule has 5 heteroatoms. The summed E-state index contributed by atoms with van der Waals surface area (Å²) in [5.41, 5.74) is 0. The van der Waals surface area contributed by atoms with Crippen LogP contribution in [0.25, 0.3) is 0 Å². The number of rotatable bonds is 0. The second kappa shape index (κ2) is 5.79. The van der Waals surface area contributed by atoms with E-state index in [2.05, 4.69) is 0 Å². The molecule has 0 atom stereocenters. The molecule has 0 radical (unpaired) electrons. The van der Waals surface area contributed by atoms with Crippen molar-refractivity contribution in [1.29, 1.82) is 0 Å². The zero-order chi connectivity index (χ0) is 3.58. The Kier molecular flexibility index (Phi) is 11.5. The Morgan fingerprint density at radius 3 is 1.20 bits per heavy atom. The van der Waals surface area contributed by atoms with E-state index in [4.69, 9.17) is 14.7 Å². The van der Waals surface area contributed by atoms with Gasteiger partial charge in [0.1, 0.15) is 0 Å². The topological polar surface area (TPSA) is 60.7 Å². The van der Waals surface area contributed by atoms with Crippen molar-refractivity contribution >= 4 is 54.1 Å². The van der Waals surface area contributed by atoms with Crippen LogP contribution in [0.2, 0.25) is 0 Å². The van der Waals surface area contributed by atoms with Gasteiger partial charge < -0.3 is 17.5 Å². The molecule has 0 rings (SSSR count). The zero-order valence-electron chi connectivity index (χ0n) is 4.50. The number of hydrogen-bond acceptors (Lipinski definition) is 3. The summed E-state index contributed by atoms with van der Waals surface area (Å²) in [4.78, 5) is 21.7. The molecule has 0 aliphatic rings. The molecule has 0 saturated carbocycles. The first-order valence-corrected chi connectivity index (χ1v) is 1.80. The summed E-state index contributed by atoms with van der Waals surface area (Å²) in [6.07, 6.45) is 0. The van der Waals surface area contributed by atoms with Crippen LogP contribution in [0.15, 0.2) is 0 Å². The van der Waals surface area contributed by atoms with Crippen molar-refractivity contribution in [3.63, 3.8) is 0 Å². The standard InChI is InChI=1S/H3O3P.Sr.2H/c1-4(2)3;;;/h1-3H;;;/q;+2;2*-1. The van der Waals surface area contributed by atoms with Gasteiger partial charge in [0.05, 0.1) is 0 Å². The third-order valence-corrected chi connectivity index (χ3v) is 0. The minimum Gasteiger partial charge on any atom is -1.00 e. The Bertz CT molecular complexity index is 17.7.